The van der Waals surface area contributed by atoms with E-state index < -0.39 is 0 Å². The molecular formula is C49H28N4. The summed E-state index contributed by atoms with van der Waals surface area (Å²) in [5.41, 5.74) is 16.5. The van der Waals surface area contributed by atoms with Gasteiger partial charge in [-0.3, -0.25) is 4.40 Å². The van der Waals surface area contributed by atoms with E-state index >= 15 is 0 Å². The molecule has 244 valence electrons. The largest absolute Gasteiger partial charge is 0.309 e. The van der Waals surface area contributed by atoms with Gasteiger partial charge < -0.3 is 9.13 Å². The van der Waals surface area contributed by atoms with Gasteiger partial charge in [-0.15, -0.1) is 0 Å². The van der Waals surface area contributed by atoms with Crippen LogP contribution in [0.1, 0.15) is 0 Å². The highest BCUT2D eigenvalue weighted by Crippen LogP contribution is 2.49. The molecular weight excluding hydrogens is 645 g/mol. The minimum absolute atomic E-state index is 0.978. The van der Waals surface area contributed by atoms with Gasteiger partial charge in [-0.25, -0.2) is 4.98 Å². The fourth-order valence-electron chi connectivity index (χ4n) is 9.64. The first-order chi connectivity index (χ1) is 26.3. The van der Waals surface area contributed by atoms with Crippen LogP contribution in [0, 0.1) is 0 Å². The Morgan fingerprint density at radius 1 is 0.358 bits per heavy atom. The lowest BCUT2D eigenvalue weighted by molar-refractivity contribution is 1.18. The summed E-state index contributed by atoms with van der Waals surface area (Å²) in [6.45, 7) is 0. The zero-order valence-electron chi connectivity index (χ0n) is 28.5. The number of nitrogens with zero attached hydrogens (tertiary/aromatic N) is 4. The first-order valence-electron chi connectivity index (χ1n) is 18.2. The normalized spacial score (nSPS) is 12.5. The summed E-state index contributed by atoms with van der Waals surface area (Å²) in [5.74, 6) is 0. The zero-order valence-corrected chi connectivity index (χ0v) is 28.5. The minimum atomic E-state index is 0.978. The number of rotatable bonds is 2. The van der Waals surface area contributed by atoms with Gasteiger partial charge in [0.15, 0.2) is 0 Å². The maximum Gasteiger partial charge on any atom is 0.146 e. The molecule has 4 aromatic heterocycles. The lowest BCUT2D eigenvalue weighted by Gasteiger charge is -2.12. The van der Waals surface area contributed by atoms with Crippen molar-refractivity contribution < 1.29 is 0 Å². The van der Waals surface area contributed by atoms with Crippen LogP contribution in [-0.4, -0.2) is 18.5 Å². The first-order valence-corrected chi connectivity index (χ1v) is 18.2. The van der Waals surface area contributed by atoms with Crippen LogP contribution < -0.4 is 0 Å². The summed E-state index contributed by atoms with van der Waals surface area (Å²) in [7, 11) is 0. The molecule has 0 fully saturated rings. The fraction of sp³-hybridized carbons (Fsp3) is 0. The summed E-state index contributed by atoms with van der Waals surface area (Å²) < 4.78 is 7.30. The molecule has 8 aromatic carbocycles. The van der Waals surface area contributed by atoms with Gasteiger partial charge in [0.25, 0.3) is 0 Å². The predicted octanol–water partition coefficient (Wildman–Crippen LogP) is 12.6. The smallest absolute Gasteiger partial charge is 0.146 e. The molecule has 0 radical (unpaired) electrons. The quantitative estimate of drug-likeness (QED) is 0.180. The van der Waals surface area contributed by atoms with Gasteiger partial charge in [0, 0.05) is 38.3 Å². The molecule has 1 aliphatic rings. The van der Waals surface area contributed by atoms with Crippen LogP contribution in [0.25, 0.3) is 116 Å². The van der Waals surface area contributed by atoms with Gasteiger partial charge >= 0.3 is 0 Å². The first kappa shape index (κ1) is 27.5. The topological polar surface area (TPSA) is 27.2 Å². The third-order valence-corrected chi connectivity index (χ3v) is 11.7. The van der Waals surface area contributed by atoms with Crippen molar-refractivity contribution in [1.29, 1.82) is 0 Å². The van der Waals surface area contributed by atoms with E-state index in [1.807, 2.05) is 0 Å². The van der Waals surface area contributed by atoms with Gasteiger partial charge in [-0.2, -0.15) is 0 Å². The zero-order chi connectivity index (χ0) is 34.4. The molecule has 0 aliphatic heterocycles. The van der Waals surface area contributed by atoms with Crippen LogP contribution in [0.15, 0.2) is 170 Å². The molecule has 0 spiro atoms. The Kier molecular flexibility index (Phi) is 5.08. The standard InChI is InChI=1S/C49H28N4/c1-2-14-30(15-3-1)52-41-24-11-9-21-38(41)48-47(52)35-18-6-7-19-36(35)49-50-46-43(53(48)49)26-25-42-45(46)37-20-8-10-23-40(37)51(42)31-27-29-13-12-22-34-32-16-4-5-17-33(32)39(28-31)44(29)34/h1-28H. The molecule has 0 saturated heterocycles. The Balaban J connectivity index is 1.20. The fourth-order valence-corrected chi connectivity index (χ4v) is 9.64. The summed E-state index contributed by atoms with van der Waals surface area (Å²) >= 11 is 0. The number of aromatic nitrogens is 4. The van der Waals surface area contributed by atoms with Crippen LogP contribution in [0.5, 0.6) is 0 Å². The van der Waals surface area contributed by atoms with Crippen molar-refractivity contribution >= 4 is 82.0 Å². The number of hydrogen-bond acceptors (Lipinski definition) is 1. The van der Waals surface area contributed by atoms with Crippen LogP contribution in [0.3, 0.4) is 0 Å². The Morgan fingerprint density at radius 2 is 1.00 bits per heavy atom. The molecule has 1 aliphatic carbocycles. The number of pyridine rings is 1. The second kappa shape index (κ2) is 9.78. The molecule has 53 heavy (non-hydrogen) atoms. The van der Waals surface area contributed by atoms with Crippen LogP contribution in [-0.2, 0) is 0 Å². The molecule has 0 N–H and O–H groups in total. The second-order valence-corrected chi connectivity index (χ2v) is 14.3. The number of benzene rings is 8. The van der Waals surface area contributed by atoms with E-state index in [-0.39, 0.29) is 0 Å². The SMILES string of the molecule is c1ccc(-n2c3ccccc3c3c2c2ccccc2c2nc4c5c6ccccc6n(-c6cc7c8c(cccc8c6)-c6ccccc6-7)c5ccc4n23)cc1. The summed E-state index contributed by atoms with van der Waals surface area (Å²) in [6, 6.07) is 62.0. The maximum absolute atomic E-state index is 5.63. The van der Waals surface area contributed by atoms with E-state index in [1.54, 1.807) is 0 Å². The highest BCUT2D eigenvalue weighted by atomic mass is 15.1. The van der Waals surface area contributed by atoms with Gasteiger partial charge in [0.1, 0.15) is 5.65 Å². The Bertz CT molecular complexity index is 3560. The van der Waals surface area contributed by atoms with Crippen LogP contribution in [0.4, 0.5) is 0 Å². The molecule has 4 nitrogen and oxygen atoms in total. The van der Waals surface area contributed by atoms with E-state index in [2.05, 4.69) is 183 Å². The van der Waals surface area contributed by atoms with E-state index in [9.17, 15) is 0 Å². The number of fused-ring (bicyclic) bond motifs is 17. The van der Waals surface area contributed by atoms with Crippen molar-refractivity contribution in [3.63, 3.8) is 0 Å². The highest BCUT2D eigenvalue weighted by Gasteiger charge is 2.26. The van der Waals surface area contributed by atoms with Gasteiger partial charge in [-0.05, 0) is 81.6 Å². The monoisotopic (exact) mass is 672 g/mol. The molecule has 0 saturated carbocycles. The van der Waals surface area contributed by atoms with Gasteiger partial charge in [-0.1, -0.05) is 121 Å². The lowest BCUT2D eigenvalue weighted by atomic mass is 10.0. The van der Waals surface area contributed by atoms with E-state index in [0.717, 1.165) is 39.0 Å². The maximum atomic E-state index is 5.63. The third-order valence-electron chi connectivity index (χ3n) is 11.7. The Morgan fingerprint density at radius 3 is 1.83 bits per heavy atom. The van der Waals surface area contributed by atoms with Crippen molar-refractivity contribution in [2.75, 3.05) is 0 Å². The number of imidazole rings is 1. The third kappa shape index (κ3) is 3.39. The Hall–Kier alpha value is -7.17. The molecule has 12 aromatic rings. The molecule has 0 amide bonds. The summed E-state index contributed by atoms with van der Waals surface area (Å²) in [6.07, 6.45) is 0. The number of hydrogen-bond donors (Lipinski definition) is 0. The summed E-state index contributed by atoms with van der Waals surface area (Å²) in [4.78, 5) is 5.63. The molecule has 13 rings (SSSR count). The molecule has 4 heteroatoms. The molecule has 0 bridgehead atoms. The Labute approximate surface area is 303 Å². The van der Waals surface area contributed by atoms with Crippen molar-refractivity contribution in [1.82, 2.24) is 18.5 Å². The van der Waals surface area contributed by atoms with Crippen molar-refractivity contribution in [2.24, 2.45) is 0 Å². The average Bonchev–Trinajstić information content (AvgIpc) is 3.96. The van der Waals surface area contributed by atoms with Crippen LogP contribution >= 0.6 is 0 Å². The second-order valence-electron chi connectivity index (χ2n) is 14.3. The van der Waals surface area contributed by atoms with Crippen LogP contribution in [0.2, 0.25) is 0 Å². The predicted molar refractivity (Wildman–Crippen MR) is 221 cm³/mol. The van der Waals surface area contributed by atoms with Gasteiger partial charge in [0.05, 0.1) is 38.6 Å². The summed E-state index contributed by atoms with van der Waals surface area (Å²) in [5, 5.41) is 8.52. The molecule has 0 atom stereocenters. The number of para-hydroxylation sites is 3. The van der Waals surface area contributed by atoms with Crippen molar-refractivity contribution in [2.45, 2.75) is 0 Å². The van der Waals surface area contributed by atoms with E-state index in [4.69, 9.17) is 4.98 Å². The van der Waals surface area contributed by atoms with Gasteiger partial charge in [0.2, 0.25) is 0 Å². The lowest BCUT2D eigenvalue weighted by Crippen LogP contribution is -1.96. The van der Waals surface area contributed by atoms with Crippen molar-refractivity contribution in [3.05, 3.63) is 170 Å². The molecule has 0 unspecified atom stereocenters. The highest BCUT2D eigenvalue weighted by molar-refractivity contribution is 6.25. The average molecular weight is 673 g/mol. The molecule has 4 heterocycles. The van der Waals surface area contributed by atoms with Crippen molar-refractivity contribution in [3.8, 4) is 33.6 Å². The van der Waals surface area contributed by atoms with E-state index in [1.165, 1.54) is 76.6 Å². The minimum Gasteiger partial charge on any atom is -0.309 e. The van der Waals surface area contributed by atoms with E-state index in [0.29, 0.717) is 0 Å².